The van der Waals surface area contributed by atoms with Crippen molar-refractivity contribution in [3.05, 3.63) is 29.3 Å². The molecule has 114 valence electrons. The van der Waals surface area contributed by atoms with E-state index in [-0.39, 0.29) is 6.61 Å². The first-order valence-electron chi connectivity index (χ1n) is 5.97. The Morgan fingerprint density at radius 1 is 1.43 bits per heavy atom. The van der Waals surface area contributed by atoms with E-state index in [2.05, 4.69) is 21.3 Å². The molecule has 0 radical (unpaired) electrons. The normalized spacial score (nSPS) is 10.2. The van der Waals surface area contributed by atoms with Crippen molar-refractivity contribution >= 4 is 22.0 Å². The number of nitrogens with one attached hydrogen (secondary N) is 2. The van der Waals surface area contributed by atoms with E-state index in [4.69, 9.17) is 5.11 Å². The highest BCUT2D eigenvalue weighted by Gasteiger charge is 2.15. The van der Waals surface area contributed by atoms with Crippen LogP contribution in [0.4, 0.5) is 10.5 Å². The number of amides is 1. The summed E-state index contributed by atoms with van der Waals surface area (Å²) in [6, 6.07) is 4.86. The van der Waals surface area contributed by atoms with E-state index >= 15 is 0 Å². The Hall–Kier alpha value is -2.24. The summed E-state index contributed by atoms with van der Waals surface area (Å²) in [5.41, 5.74) is 1.66. The van der Waals surface area contributed by atoms with E-state index < -0.39 is 16.3 Å². The number of hydrogen-bond acceptors (Lipinski definition) is 5. The van der Waals surface area contributed by atoms with Gasteiger partial charge in [0.25, 0.3) is 0 Å². The third kappa shape index (κ3) is 5.72. The highest BCUT2D eigenvalue weighted by molar-refractivity contribution is 7.91. The van der Waals surface area contributed by atoms with Crippen LogP contribution in [0.25, 0.3) is 0 Å². The molecule has 0 fully saturated rings. The first-order valence-corrected chi connectivity index (χ1v) is 7.45. The van der Waals surface area contributed by atoms with E-state index in [9.17, 15) is 13.2 Å². The van der Waals surface area contributed by atoms with Crippen LogP contribution < -0.4 is 9.44 Å². The van der Waals surface area contributed by atoms with Crippen molar-refractivity contribution in [2.45, 2.75) is 13.3 Å². The van der Waals surface area contributed by atoms with Crippen molar-refractivity contribution in [1.29, 1.82) is 0 Å². The summed E-state index contributed by atoms with van der Waals surface area (Å²) in [6.45, 7) is 1.69. The van der Waals surface area contributed by atoms with Gasteiger partial charge in [0.05, 0.1) is 19.4 Å². The third-order valence-corrected chi connectivity index (χ3v) is 3.27. The number of carbonyl (C=O) groups excluding carboxylic acids is 1. The van der Waals surface area contributed by atoms with E-state index in [1.807, 2.05) is 0 Å². The average molecular weight is 312 g/mol. The molecular weight excluding hydrogens is 296 g/mol. The van der Waals surface area contributed by atoms with Gasteiger partial charge in [0.2, 0.25) is 0 Å². The zero-order chi connectivity index (χ0) is 15.9. The van der Waals surface area contributed by atoms with Crippen LogP contribution in [0.3, 0.4) is 0 Å². The smallest absolute Gasteiger partial charge is 0.422 e. The monoisotopic (exact) mass is 312 g/mol. The molecule has 7 nitrogen and oxygen atoms in total. The minimum atomic E-state index is -4.05. The predicted molar refractivity (Wildman–Crippen MR) is 77.8 cm³/mol. The Morgan fingerprint density at radius 3 is 2.71 bits per heavy atom. The molecule has 0 spiro atoms. The second-order valence-electron chi connectivity index (χ2n) is 4.00. The molecule has 0 saturated carbocycles. The predicted octanol–water partition coefficient (Wildman–Crippen LogP) is 0.742. The van der Waals surface area contributed by atoms with Gasteiger partial charge < -0.3 is 9.84 Å². The largest absolute Gasteiger partial charge is 0.452 e. The zero-order valence-corrected chi connectivity index (χ0v) is 12.5. The van der Waals surface area contributed by atoms with Crippen molar-refractivity contribution in [3.63, 3.8) is 0 Å². The zero-order valence-electron chi connectivity index (χ0n) is 11.6. The van der Waals surface area contributed by atoms with Crippen molar-refractivity contribution < 1.29 is 23.1 Å². The second-order valence-corrected chi connectivity index (χ2v) is 5.42. The van der Waals surface area contributed by atoms with Crippen LogP contribution in [-0.2, 0) is 14.9 Å². The van der Waals surface area contributed by atoms with Gasteiger partial charge in [0.15, 0.2) is 0 Å². The minimum absolute atomic E-state index is 0.0109. The molecule has 0 aromatic heterocycles. The molecular formula is C13H16N2O5S. The fourth-order valence-corrected chi connectivity index (χ4v) is 2.27. The Kier molecular flexibility index (Phi) is 6.02. The highest BCUT2D eigenvalue weighted by Crippen LogP contribution is 2.17. The van der Waals surface area contributed by atoms with Crippen molar-refractivity contribution in [2.24, 2.45) is 0 Å². The van der Waals surface area contributed by atoms with Gasteiger partial charge in [-0.05, 0) is 30.7 Å². The summed E-state index contributed by atoms with van der Waals surface area (Å²) >= 11 is 0. The maximum atomic E-state index is 11.6. The Balaban J connectivity index is 2.87. The topological polar surface area (TPSA) is 105 Å². The Morgan fingerprint density at radius 2 is 2.14 bits per heavy atom. The Bertz CT molecular complexity index is 674. The lowest BCUT2D eigenvalue weighted by Gasteiger charge is -2.10. The second kappa shape index (κ2) is 7.52. The minimum Gasteiger partial charge on any atom is -0.452 e. The molecule has 0 saturated heterocycles. The number of hydrogen-bond donors (Lipinski definition) is 3. The number of ether oxygens (including phenoxy) is 1. The fourth-order valence-electron chi connectivity index (χ4n) is 1.40. The molecule has 1 aromatic rings. The highest BCUT2D eigenvalue weighted by atomic mass is 32.2. The van der Waals surface area contributed by atoms with Gasteiger partial charge in [-0.3, -0.25) is 4.72 Å². The number of anilines is 1. The van der Waals surface area contributed by atoms with Crippen LogP contribution in [0.5, 0.6) is 0 Å². The molecule has 1 amide bonds. The lowest BCUT2D eigenvalue weighted by atomic mass is 10.1. The Labute approximate surface area is 123 Å². The van der Waals surface area contributed by atoms with Crippen LogP contribution in [0, 0.1) is 18.8 Å². The number of carbonyl (C=O) groups is 1. The third-order valence-electron chi connectivity index (χ3n) is 2.34. The molecule has 0 bridgehead atoms. The van der Waals surface area contributed by atoms with Crippen molar-refractivity contribution in [2.75, 3.05) is 18.4 Å². The van der Waals surface area contributed by atoms with Crippen LogP contribution in [0.1, 0.15) is 17.5 Å². The first-order chi connectivity index (χ1) is 9.88. The quantitative estimate of drug-likeness (QED) is 0.711. The lowest BCUT2D eigenvalue weighted by Crippen LogP contribution is -2.35. The summed E-state index contributed by atoms with van der Waals surface area (Å²) in [7, 11) is -2.98. The summed E-state index contributed by atoms with van der Waals surface area (Å²) in [5.74, 6) is 5.61. The molecule has 0 aliphatic rings. The SMILES string of the molecule is COC(=O)NS(=O)(=O)Nc1ccc(C#CCCO)cc1C. The van der Waals surface area contributed by atoms with E-state index in [1.54, 1.807) is 23.8 Å². The van der Waals surface area contributed by atoms with Gasteiger partial charge >= 0.3 is 16.3 Å². The van der Waals surface area contributed by atoms with Gasteiger partial charge in [0, 0.05) is 12.0 Å². The number of aliphatic hydroxyl groups excluding tert-OH is 1. The summed E-state index contributed by atoms with van der Waals surface area (Å²) < 4.78 is 31.4. The molecule has 0 unspecified atom stereocenters. The van der Waals surface area contributed by atoms with Gasteiger partial charge in [-0.1, -0.05) is 11.8 Å². The van der Waals surface area contributed by atoms with Crippen LogP contribution in [0.15, 0.2) is 18.2 Å². The molecule has 3 N–H and O–H groups in total. The summed E-state index contributed by atoms with van der Waals surface area (Å²) in [6.07, 6.45) is -0.706. The molecule has 21 heavy (non-hydrogen) atoms. The maximum absolute atomic E-state index is 11.6. The fraction of sp³-hybridized carbons (Fsp3) is 0.308. The molecule has 0 aliphatic heterocycles. The van der Waals surface area contributed by atoms with Gasteiger partial charge in [0.1, 0.15) is 0 Å². The number of aryl methyl sites for hydroxylation is 1. The van der Waals surface area contributed by atoms with Crippen molar-refractivity contribution in [1.82, 2.24) is 4.72 Å². The molecule has 1 aromatic carbocycles. The first kappa shape index (κ1) is 16.8. The molecule has 8 heteroatoms. The number of rotatable bonds is 4. The summed E-state index contributed by atoms with van der Waals surface area (Å²) in [5, 5.41) is 8.64. The van der Waals surface area contributed by atoms with Gasteiger partial charge in [-0.25, -0.2) is 9.52 Å². The molecule has 1 rings (SSSR count). The summed E-state index contributed by atoms with van der Waals surface area (Å²) in [4.78, 5) is 10.9. The average Bonchev–Trinajstić information content (AvgIpc) is 2.41. The number of aliphatic hydroxyl groups is 1. The standard InChI is InChI=1S/C13H16N2O5S/c1-10-9-11(5-3-4-8-16)6-7-12(10)14-21(18,19)15-13(17)20-2/h6-7,9,14,16H,4,8H2,1-2H3,(H,15,17). The lowest BCUT2D eigenvalue weighted by molar-refractivity contribution is 0.177. The van der Waals surface area contributed by atoms with Gasteiger partial charge in [-0.2, -0.15) is 8.42 Å². The molecule has 0 atom stereocenters. The molecule has 0 aliphatic carbocycles. The van der Waals surface area contributed by atoms with E-state index in [0.29, 0.717) is 23.2 Å². The number of methoxy groups -OCH3 is 1. The van der Waals surface area contributed by atoms with Crippen LogP contribution >= 0.6 is 0 Å². The molecule has 0 heterocycles. The van der Waals surface area contributed by atoms with Crippen LogP contribution in [0.2, 0.25) is 0 Å². The van der Waals surface area contributed by atoms with Crippen molar-refractivity contribution in [3.8, 4) is 11.8 Å². The van der Waals surface area contributed by atoms with Gasteiger partial charge in [-0.15, -0.1) is 0 Å². The van der Waals surface area contributed by atoms with Crippen LogP contribution in [-0.4, -0.2) is 33.3 Å². The maximum Gasteiger partial charge on any atom is 0.422 e. The van der Waals surface area contributed by atoms with E-state index in [0.717, 1.165) is 7.11 Å². The van der Waals surface area contributed by atoms with E-state index in [1.165, 1.54) is 6.07 Å². The number of benzene rings is 1.